The number of aliphatic hydroxyl groups excluding tert-OH is 1. The average molecular weight is 336 g/mol. The van der Waals surface area contributed by atoms with Gasteiger partial charge < -0.3 is 24.8 Å². The van der Waals surface area contributed by atoms with Crippen LogP contribution in [0.5, 0.6) is 5.75 Å². The van der Waals surface area contributed by atoms with Crippen LogP contribution in [0.4, 0.5) is 5.69 Å². The number of nitrogens with zero attached hydrogens (tertiary/aromatic N) is 1. The van der Waals surface area contributed by atoms with Gasteiger partial charge >= 0.3 is 0 Å². The topological polar surface area (TPSA) is 54.0 Å². The van der Waals surface area contributed by atoms with Gasteiger partial charge in [0.05, 0.1) is 11.7 Å². The summed E-state index contributed by atoms with van der Waals surface area (Å²) in [5, 5.41) is 13.3. The highest BCUT2D eigenvalue weighted by Crippen LogP contribution is 2.30. The first-order chi connectivity index (χ1) is 11.2. The van der Waals surface area contributed by atoms with Crippen LogP contribution in [0.15, 0.2) is 24.3 Å². The van der Waals surface area contributed by atoms with Gasteiger partial charge in [-0.3, -0.25) is 0 Å². The van der Waals surface area contributed by atoms with E-state index in [1.165, 1.54) is 0 Å². The first-order valence-electron chi connectivity index (χ1n) is 8.71. The van der Waals surface area contributed by atoms with Crippen molar-refractivity contribution >= 4 is 5.69 Å². The smallest absolute Gasteiger partial charge is 0.119 e. The Kier molecular flexibility index (Phi) is 6.49. The van der Waals surface area contributed by atoms with E-state index in [-0.39, 0.29) is 5.60 Å². The van der Waals surface area contributed by atoms with Gasteiger partial charge in [0, 0.05) is 18.3 Å². The molecule has 24 heavy (non-hydrogen) atoms. The van der Waals surface area contributed by atoms with Crippen LogP contribution in [0.25, 0.3) is 0 Å². The van der Waals surface area contributed by atoms with Crippen molar-refractivity contribution in [2.75, 3.05) is 32.6 Å². The Morgan fingerprint density at radius 2 is 1.83 bits per heavy atom. The van der Waals surface area contributed by atoms with E-state index in [2.05, 4.69) is 26.1 Å². The number of aliphatic hydroxyl groups is 1. The molecule has 5 heteroatoms. The lowest BCUT2D eigenvalue weighted by Gasteiger charge is -2.40. The van der Waals surface area contributed by atoms with Gasteiger partial charge in [0.2, 0.25) is 0 Å². The number of rotatable bonds is 8. The fourth-order valence-corrected chi connectivity index (χ4v) is 2.83. The Morgan fingerprint density at radius 3 is 2.38 bits per heavy atom. The summed E-state index contributed by atoms with van der Waals surface area (Å²) < 4.78 is 11.6. The second-order valence-electron chi connectivity index (χ2n) is 7.92. The molecule has 0 saturated heterocycles. The number of anilines is 1. The highest BCUT2D eigenvalue weighted by atomic mass is 16.5. The highest BCUT2D eigenvalue weighted by Gasteiger charge is 2.32. The summed E-state index contributed by atoms with van der Waals surface area (Å²) in [5.74, 6) is 0.779. The van der Waals surface area contributed by atoms with E-state index < -0.39 is 6.10 Å². The standard InChI is InChI=1S/C19H32N2O3/c1-19(2,3)24-18-10-15(11-18)20-14-6-8-17(9-7-14)23-13-16(22)12-21(4)5/h6-9,15-16,18,20,22H,10-13H2,1-5H3. The molecule has 0 aromatic heterocycles. The normalized spacial score (nSPS) is 22.1. The number of hydrogen-bond acceptors (Lipinski definition) is 5. The molecule has 1 aromatic rings. The van der Waals surface area contributed by atoms with Crippen LogP contribution in [0.1, 0.15) is 33.6 Å². The van der Waals surface area contributed by atoms with Gasteiger partial charge in [0.25, 0.3) is 0 Å². The summed E-state index contributed by atoms with van der Waals surface area (Å²) in [7, 11) is 3.86. The van der Waals surface area contributed by atoms with Crippen LogP contribution in [-0.2, 0) is 4.74 Å². The zero-order valence-electron chi connectivity index (χ0n) is 15.6. The molecule has 1 aliphatic rings. The van der Waals surface area contributed by atoms with Crippen molar-refractivity contribution in [3.05, 3.63) is 24.3 Å². The number of benzene rings is 1. The number of ether oxygens (including phenoxy) is 2. The van der Waals surface area contributed by atoms with Crippen LogP contribution in [0, 0.1) is 0 Å². The lowest BCUT2D eigenvalue weighted by Crippen LogP contribution is -2.44. The van der Waals surface area contributed by atoms with Crippen molar-refractivity contribution in [1.82, 2.24) is 4.90 Å². The van der Waals surface area contributed by atoms with Gasteiger partial charge in [-0.25, -0.2) is 0 Å². The third-order valence-electron chi connectivity index (χ3n) is 3.86. The van der Waals surface area contributed by atoms with Crippen molar-refractivity contribution in [1.29, 1.82) is 0 Å². The Morgan fingerprint density at radius 1 is 1.21 bits per heavy atom. The first-order valence-corrected chi connectivity index (χ1v) is 8.71. The maximum Gasteiger partial charge on any atom is 0.119 e. The van der Waals surface area contributed by atoms with Gasteiger partial charge in [-0.2, -0.15) is 0 Å². The lowest BCUT2D eigenvalue weighted by atomic mass is 9.88. The number of likely N-dealkylation sites (N-methyl/N-ethyl adjacent to an activating group) is 1. The molecule has 136 valence electrons. The third-order valence-corrected chi connectivity index (χ3v) is 3.86. The molecule has 1 aromatic carbocycles. The minimum Gasteiger partial charge on any atom is -0.491 e. The summed E-state index contributed by atoms with van der Waals surface area (Å²) in [6.45, 7) is 7.20. The fourth-order valence-electron chi connectivity index (χ4n) is 2.83. The van der Waals surface area contributed by atoms with Gasteiger partial charge in [-0.05, 0) is 72.0 Å². The lowest BCUT2D eigenvalue weighted by molar-refractivity contribution is -0.0953. The summed E-state index contributed by atoms with van der Waals surface area (Å²) in [4.78, 5) is 1.94. The van der Waals surface area contributed by atoms with Gasteiger partial charge in [0.1, 0.15) is 18.5 Å². The van der Waals surface area contributed by atoms with E-state index in [0.717, 1.165) is 24.3 Å². The van der Waals surface area contributed by atoms with E-state index in [9.17, 15) is 5.11 Å². The second-order valence-corrected chi connectivity index (χ2v) is 7.92. The van der Waals surface area contributed by atoms with Crippen molar-refractivity contribution in [2.24, 2.45) is 0 Å². The van der Waals surface area contributed by atoms with Crippen LogP contribution in [-0.4, -0.2) is 61.1 Å². The molecule has 2 N–H and O–H groups in total. The number of nitrogens with one attached hydrogen (secondary N) is 1. The van der Waals surface area contributed by atoms with Crippen molar-refractivity contribution < 1.29 is 14.6 Å². The molecule has 0 amide bonds. The molecular weight excluding hydrogens is 304 g/mol. The zero-order chi connectivity index (χ0) is 17.7. The summed E-state index contributed by atoms with van der Waals surface area (Å²) in [5.41, 5.74) is 1.03. The Hall–Kier alpha value is -1.30. The van der Waals surface area contributed by atoms with Crippen LogP contribution >= 0.6 is 0 Å². The van der Waals surface area contributed by atoms with Crippen LogP contribution in [0.3, 0.4) is 0 Å². The van der Waals surface area contributed by atoms with Gasteiger partial charge in [0.15, 0.2) is 0 Å². The number of hydrogen-bond donors (Lipinski definition) is 2. The fraction of sp³-hybridized carbons (Fsp3) is 0.684. The van der Waals surface area contributed by atoms with Crippen LogP contribution < -0.4 is 10.1 Å². The maximum absolute atomic E-state index is 9.81. The Balaban J connectivity index is 1.69. The zero-order valence-corrected chi connectivity index (χ0v) is 15.6. The molecule has 0 bridgehead atoms. The van der Waals surface area contributed by atoms with Crippen LogP contribution in [0.2, 0.25) is 0 Å². The predicted molar refractivity (Wildman–Crippen MR) is 97.8 cm³/mol. The molecule has 1 fully saturated rings. The molecule has 0 radical (unpaired) electrons. The third kappa shape index (κ3) is 6.67. The van der Waals surface area contributed by atoms with E-state index in [1.54, 1.807) is 0 Å². The van der Waals surface area contributed by atoms with E-state index in [1.807, 2.05) is 43.3 Å². The second kappa shape index (κ2) is 8.19. The quantitative estimate of drug-likeness (QED) is 0.764. The van der Waals surface area contributed by atoms with Crippen molar-refractivity contribution in [3.63, 3.8) is 0 Å². The summed E-state index contributed by atoms with van der Waals surface area (Å²) in [6, 6.07) is 8.39. The first kappa shape index (κ1) is 19.0. The molecule has 0 spiro atoms. The molecular formula is C19H32N2O3. The molecule has 1 saturated carbocycles. The van der Waals surface area contributed by atoms with Gasteiger partial charge in [-0.15, -0.1) is 0 Å². The Labute approximate surface area is 146 Å². The maximum atomic E-state index is 9.81. The average Bonchev–Trinajstić information content (AvgIpc) is 2.42. The SMILES string of the molecule is CN(C)CC(O)COc1ccc(NC2CC(OC(C)(C)C)C2)cc1. The Bertz CT molecular complexity index is 490. The van der Waals surface area contributed by atoms with Gasteiger partial charge in [-0.1, -0.05) is 0 Å². The van der Waals surface area contributed by atoms with E-state index in [4.69, 9.17) is 9.47 Å². The highest BCUT2D eigenvalue weighted by molar-refractivity contribution is 5.47. The molecule has 1 unspecified atom stereocenters. The van der Waals surface area contributed by atoms with Crippen molar-refractivity contribution in [2.45, 2.75) is 57.5 Å². The molecule has 0 heterocycles. The minimum atomic E-state index is -0.479. The molecule has 1 atom stereocenters. The molecule has 1 aliphatic carbocycles. The minimum absolute atomic E-state index is 0.0637. The summed E-state index contributed by atoms with van der Waals surface area (Å²) >= 11 is 0. The van der Waals surface area contributed by atoms with E-state index in [0.29, 0.717) is 25.3 Å². The predicted octanol–water partition coefficient (Wildman–Crippen LogP) is 2.75. The molecule has 2 rings (SSSR count). The molecule has 0 aliphatic heterocycles. The largest absolute Gasteiger partial charge is 0.491 e. The summed E-state index contributed by atoms with van der Waals surface area (Å²) in [6.07, 6.45) is 1.98. The molecule has 5 nitrogen and oxygen atoms in total. The van der Waals surface area contributed by atoms with Crippen molar-refractivity contribution in [3.8, 4) is 5.75 Å². The van der Waals surface area contributed by atoms with E-state index >= 15 is 0 Å². The monoisotopic (exact) mass is 336 g/mol.